The van der Waals surface area contributed by atoms with E-state index in [0.29, 0.717) is 39.8 Å². The molecule has 206 valence electrons. The molecule has 1 fully saturated rings. The van der Waals surface area contributed by atoms with Gasteiger partial charge in [0.05, 0.1) is 17.8 Å². The number of rotatable bonds is 8. The number of para-hydroxylation sites is 1. The number of halogens is 2. The van der Waals surface area contributed by atoms with E-state index in [1.807, 2.05) is 30.3 Å². The summed E-state index contributed by atoms with van der Waals surface area (Å²) in [5.74, 6) is 0.385. The number of nitrogens with one attached hydrogen (secondary N) is 1. The van der Waals surface area contributed by atoms with Crippen LogP contribution in [0.4, 0.5) is 10.1 Å². The molecule has 0 unspecified atom stereocenters. The Balaban J connectivity index is 1.38. The van der Waals surface area contributed by atoms with Crippen LogP contribution in [0, 0.1) is 5.82 Å². The van der Waals surface area contributed by atoms with Gasteiger partial charge >= 0.3 is 0 Å². The first-order valence-electron chi connectivity index (χ1n) is 12.3. The van der Waals surface area contributed by atoms with Crippen LogP contribution >= 0.6 is 23.8 Å². The van der Waals surface area contributed by atoms with Crippen LogP contribution in [-0.2, 0) is 16.2 Å². The molecule has 0 saturated carbocycles. The van der Waals surface area contributed by atoms with E-state index in [-0.39, 0.29) is 22.3 Å². The van der Waals surface area contributed by atoms with Crippen molar-refractivity contribution in [3.63, 3.8) is 0 Å². The van der Waals surface area contributed by atoms with Crippen LogP contribution in [0.1, 0.15) is 11.1 Å². The second kappa shape index (κ2) is 12.2. The van der Waals surface area contributed by atoms with Crippen molar-refractivity contribution in [2.45, 2.75) is 6.61 Å². The monoisotopic (exact) mass is 588 g/mol. The van der Waals surface area contributed by atoms with Crippen molar-refractivity contribution in [1.82, 2.24) is 5.32 Å². The van der Waals surface area contributed by atoms with Crippen molar-refractivity contribution >= 4 is 52.5 Å². The van der Waals surface area contributed by atoms with E-state index >= 15 is 0 Å². The average Bonchev–Trinajstić information content (AvgIpc) is 2.96. The summed E-state index contributed by atoms with van der Waals surface area (Å²) < 4.78 is 30.4. The fraction of sp³-hybridized carbons (Fsp3) is 0.0645. The molecule has 0 spiro atoms. The smallest absolute Gasteiger partial charge is 0.270 e. The minimum atomic E-state index is -0.619. The van der Waals surface area contributed by atoms with Gasteiger partial charge in [-0.25, -0.2) is 4.39 Å². The third-order valence-electron chi connectivity index (χ3n) is 6.07. The number of anilines is 1. The van der Waals surface area contributed by atoms with Gasteiger partial charge in [0.25, 0.3) is 11.8 Å². The second-order valence-electron chi connectivity index (χ2n) is 8.80. The summed E-state index contributed by atoms with van der Waals surface area (Å²) in [6.07, 6.45) is 1.47. The lowest BCUT2D eigenvalue weighted by Crippen LogP contribution is -2.54. The molecule has 1 aliphatic rings. The Morgan fingerprint density at radius 1 is 0.927 bits per heavy atom. The molecule has 41 heavy (non-hydrogen) atoms. The Morgan fingerprint density at radius 3 is 2.34 bits per heavy atom. The van der Waals surface area contributed by atoms with Gasteiger partial charge in [0.1, 0.15) is 41.0 Å². The van der Waals surface area contributed by atoms with Gasteiger partial charge in [-0.15, -0.1) is 0 Å². The number of hydrogen-bond acceptors (Lipinski definition) is 6. The standard InChI is InChI=1S/C31H22ClFN2O5S/c1-38-27-13-7-19(15-20(27)18-39-28-14-8-21(33)17-26(28)32)16-25-29(36)34-31(41)35(30(25)37)22-9-11-24(12-10-22)40-23-5-3-2-4-6-23/h2-17H,18H2,1H3,(H,34,36,41)/b25-16+. The van der Waals surface area contributed by atoms with E-state index in [4.69, 9.17) is 38.0 Å². The number of hydrogen-bond donors (Lipinski definition) is 1. The van der Waals surface area contributed by atoms with E-state index in [1.165, 1.54) is 30.2 Å². The predicted molar refractivity (Wildman–Crippen MR) is 158 cm³/mol. The molecule has 10 heteroatoms. The van der Waals surface area contributed by atoms with E-state index in [2.05, 4.69) is 5.32 Å². The SMILES string of the molecule is COc1ccc(/C=C2\C(=O)NC(=S)N(c3ccc(Oc4ccccc4)cc3)C2=O)cc1COc1ccc(F)cc1Cl. The zero-order valence-electron chi connectivity index (χ0n) is 21.6. The molecular formula is C31H22ClFN2O5S. The molecule has 4 aromatic carbocycles. The topological polar surface area (TPSA) is 77.1 Å². The normalized spacial score (nSPS) is 14.2. The van der Waals surface area contributed by atoms with Crippen molar-refractivity contribution in [2.24, 2.45) is 0 Å². The lowest BCUT2D eigenvalue weighted by Gasteiger charge is -2.29. The minimum Gasteiger partial charge on any atom is -0.496 e. The molecule has 0 aliphatic carbocycles. The van der Waals surface area contributed by atoms with Crippen molar-refractivity contribution in [2.75, 3.05) is 12.0 Å². The van der Waals surface area contributed by atoms with E-state index in [0.717, 1.165) is 6.07 Å². The molecule has 2 amide bonds. The summed E-state index contributed by atoms with van der Waals surface area (Å²) in [5.41, 5.74) is 1.52. The largest absolute Gasteiger partial charge is 0.496 e. The van der Waals surface area contributed by atoms with E-state index in [1.54, 1.807) is 42.5 Å². The van der Waals surface area contributed by atoms with Gasteiger partial charge in [-0.1, -0.05) is 35.9 Å². The first-order chi connectivity index (χ1) is 19.8. The average molecular weight is 589 g/mol. The number of nitrogens with zero attached hydrogens (tertiary/aromatic N) is 1. The van der Waals surface area contributed by atoms with Crippen LogP contribution in [0.5, 0.6) is 23.0 Å². The Morgan fingerprint density at radius 2 is 1.63 bits per heavy atom. The van der Waals surface area contributed by atoms with Crippen molar-refractivity contribution in [3.8, 4) is 23.0 Å². The lowest BCUT2D eigenvalue weighted by molar-refractivity contribution is -0.122. The zero-order valence-corrected chi connectivity index (χ0v) is 23.2. The molecule has 1 heterocycles. The van der Waals surface area contributed by atoms with Gasteiger partial charge < -0.3 is 14.2 Å². The van der Waals surface area contributed by atoms with Crippen LogP contribution in [-0.4, -0.2) is 24.0 Å². The number of methoxy groups -OCH3 is 1. The molecule has 7 nitrogen and oxygen atoms in total. The van der Waals surface area contributed by atoms with Crippen LogP contribution in [0.2, 0.25) is 5.02 Å². The maximum absolute atomic E-state index is 13.5. The van der Waals surface area contributed by atoms with Gasteiger partial charge in [0.2, 0.25) is 0 Å². The highest BCUT2D eigenvalue weighted by atomic mass is 35.5. The molecule has 0 atom stereocenters. The van der Waals surface area contributed by atoms with Gasteiger partial charge in [-0.2, -0.15) is 0 Å². The Kier molecular flexibility index (Phi) is 8.28. The quantitative estimate of drug-likeness (QED) is 0.140. The molecule has 4 aromatic rings. The van der Waals surface area contributed by atoms with E-state index in [9.17, 15) is 14.0 Å². The minimum absolute atomic E-state index is 0.0334. The maximum Gasteiger partial charge on any atom is 0.270 e. The van der Waals surface area contributed by atoms with Gasteiger partial charge in [0.15, 0.2) is 5.11 Å². The number of thiocarbonyl (C=S) groups is 1. The third-order valence-corrected chi connectivity index (χ3v) is 6.65. The summed E-state index contributed by atoms with van der Waals surface area (Å²) in [7, 11) is 1.51. The van der Waals surface area contributed by atoms with Crippen molar-refractivity contribution in [3.05, 3.63) is 119 Å². The fourth-order valence-corrected chi connectivity index (χ4v) is 4.60. The summed E-state index contributed by atoms with van der Waals surface area (Å²) in [5, 5.41) is 2.67. The second-order valence-corrected chi connectivity index (χ2v) is 9.60. The number of carbonyl (C=O) groups excluding carboxylic acids is 2. The van der Waals surface area contributed by atoms with Gasteiger partial charge in [-0.05, 0) is 90.6 Å². The van der Waals surface area contributed by atoms with Gasteiger partial charge in [0, 0.05) is 5.56 Å². The fourth-order valence-electron chi connectivity index (χ4n) is 4.10. The summed E-state index contributed by atoms with van der Waals surface area (Å²) >= 11 is 11.4. The number of carbonyl (C=O) groups is 2. The number of amides is 2. The van der Waals surface area contributed by atoms with Gasteiger partial charge in [-0.3, -0.25) is 19.8 Å². The summed E-state index contributed by atoms with van der Waals surface area (Å²) in [4.78, 5) is 27.6. The molecule has 5 rings (SSSR count). The lowest BCUT2D eigenvalue weighted by atomic mass is 10.0. The maximum atomic E-state index is 13.5. The van der Waals surface area contributed by atoms with Crippen LogP contribution in [0.25, 0.3) is 6.08 Å². The zero-order chi connectivity index (χ0) is 28.9. The van der Waals surface area contributed by atoms with Crippen LogP contribution in [0.3, 0.4) is 0 Å². The Bertz CT molecular complexity index is 1660. The molecule has 0 aromatic heterocycles. The molecule has 0 bridgehead atoms. The third kappa shape index (κ3) is 6.37. The molecule has 1 N–H and O–H groups in total. The Hall–Kier alpha value is -4.73. The highest BCUT2D eigenvalue weighted by Gasteiger charge is 2.34. The van der Waals surface area contributed by atoms with Crippen molar-refractivity contribution in [1.29, 1.82) is 0 Å². The van der Waals surface area contributed by atoms with E-state index < -0.39 is 17.6 Å². The van der Waals surface area contributed by atoms with Crippen LogP contribution < -0.4 is 24.4 Å². The molecule has 1 saturated heterocycles. The highest BCUT2D eigenvalue weighted by Crippen LogP contribution is 2.30. The summed E-state index contributed by atoms with van der Waals surface area (Å²) in [6.45, 7) is 0.0410. The molecule has 1 aliphatic heterocycles. The predicted octanol–water partition coefficient (Wildman–Crippen LogP) is 6.69. The number of ether oxygens (including phenoxy) is 3. The first-order valence-corrected chi connectivity index (χ1v) is 13.1. The van der Waals surface area contributed by atoms with Crippen LogP contribution in [0.15, 0.2) is 96.6 Å². The molecule has 0 radical (unpaired) electrons. The first kappa shape index (κ1) is 27.8. The number of benzene rings is 4. The Labute approximate surface area is 245 Å². The molecular weight excluding hydrogens is 567 g/mol. The summed E-state index contributed by atoms with van der Waals surface area (Å²) in [6, 6.07) is 25.0. The van der Waals surface area contributed by atoms with Crippen molar-refractivity contribution < 1.29 is 28.2 Å². The highest BCUT2D eigenvalue weighted by molar-refractivity contribution is 7.80.